The van der Waals surface area contributed by atoms with Gasteiger partial charge in [0.15, 0.2) is 5.17 Å². The van der Waals surface area contributed by atoms with Crippen LogP contribution in [0.2, 0.25) is 0 Å². The van der Waals surface area contributed by atoms with Crippen LogP contribution < -0.4 is 0 Å². The van der Waals surface area contributed by atoms with Gasteiger partial charge in [0.05, 0.1) is 22.8 Å². The zero-order valence-corrected chi connectivity index (χ0v) is 17.6. The summed E-state index contributed by atoms with van der Waals surface area (Å²) < 4.78 is 5.76. The van der Waals surface area contributed by atoms with E-state index in [1.165, 1.54) is 16.7 Å². The van der Waals surface area contributed by atoms with E-state index in [1.807, 2.05) is 0 Å². The van der Waals surface area contributed by atoms with E-state index in [2.05, 4.69) is 20.9 Å². The number of phenolic OH excluding ortho intramolecular Hbond substituents is 1. The number of hydrogen-bond acceptors (Lipinski definition) is 6. The number of aliphatic imine (C=N–C) groups is 1. The molecule has 0 aliphatic carbocycles. The van der Waals surface area contributed by atoms with Crippen molar-refractivity contribution in [3.05, 3.63) is 63.0 Å². The van der Waals surface area contributed by atoms with Crippen LogP contribution in [0.5, 0.6) is 5.75 Å². The van der Waals surface area contributed by atoms with Crippen LogP contribution in [0, 0.1) is 0 Å². The topological polar surface area (TPSA) is 79.2 Å². The molecule has 0 spiro atoms. The van der Waals surface area contributed by atoms with E-state index >= 15 is 0 Å². The molecule has 6 nitrogen and oxygen atoms in total. The Morgan fingerprint density at radius 2 is 2.00 bits per heavy atom. The molecule has 0 radical (unpaired) electrons. The number of likely N-dealkylation sites (N-methyl/N-ethyl adjacent to an activating group) is 1. The molecule has 0 saturated carbocycles. The van der Waals surface area contributed by atoms with Gasteiger partial charge in [-0.3, -0.25) is 9.69 Å². The molecule has 0 atom stereocenters. The standard InChI is InChI=1S/C20H17BrN2O4S/c1-3-27-19(26)12-4-7-15(8-5-12)22-20-23(2)18(25)17(28-20)11-13-10-14(21)6-9-16(13)24/h4-11,24H,3H2,1-2H3/b17-11+,22-20?. The summed E-state index contributed by atoms with van der Waals surface area (Å²) in [6.07, 6.45) is 1.63. The Morgan fingerprint density at radius 3 is 2.68 bits per heavy atom. The third-order valence-corrected chi connectivity index (χ3v) is 5.44. The molecule has 1 saturated heterocycles. The lowest BCUT2D eigenvalue weighted by Crippen LogP contribution is -2.23. The molecule has 1 aliphatic heterocycles. The van der Waals surface area contributed by atoms with Gasteiger partial charge in [-0.25, -0.2) is 9.79 Å². The number of esters is 1. The number of aromatic hydroxyl groups is 1. The van der Waals surface area contributed by atoms with E-state index in [4.69, 9.17) is 4.74 Å². The number of halogens is 1. The summed E-state index contributed by atoms with van der Waals surface area (Å²) >= 11 is 4.57. The third kappa shape index (κ3) is 4.45. The highest BCUT2D eigenvalue weighted by Crippen LogP contribution is 2.35. The molecule has 1 amide bonds. The van der Waals surface area contributed by atoms with Gasteiger partial charge < -0.3 is 9.84 Å². The fourth-order valence-corrected chi connectivity index (χ4v) is 3.79. The van der Waals surface area contributed by atoms with Crippen molar-refractivity contribution in [3.8, 4) is 5.75 Å². The molecule has 3 rings (SSSR count). The minimum atomic E-state index is -0.386. The van der Waals surface area contributed by atoms with Crippen molar-refractivity contribution in [2.24, 2.45) is 4.99 Å². The van der Waals surface area contributed by atoms with Gasteiger partial charge in [-0.15, -0.1) is 0 Å². The number of nitrogens with zero attached hydrogens (tertiary/aromatic N) is 2. The molecule has 0 unspecified atom stereocenters. The fourth-order valence-electron chi connectivity index (χ4n) is 2.43. The van der Waals surface area contributed by atoms with Crippen molar-refractivity contribution >= 4 is 56.5 Å². The average Bonchev–Trinajstić information content (AvgIpc) is 2.93. The smallest absolute Gasteiger partial charge is 0.338 e. The average molecular weight is 461 g/mol. The van der Waals surface area contributed by atoms with Gasteiger partial charge in [-0.05, 0) is 67.2 Å². The summed E-state index contributed by atoms with van der Waals surface area (Å²) in [6.45, 7) is 2.07. The number of phenols is 1. The number of hydrogen-bond donors (Lipinski definition) is 1. The van der Waals surface area contributed by atoms with Crippen LogP contribution in [0.1, 0.15) is 22.8 Å². The van der Waals surface area contributed by atoms with Crippen LogP contribution in [0.15, 0.2) is 56.8 Å². The molecule has 0 aromatic heterocycles. The van der Waals surface area contributed by atoms with Crippen molar-refractivity contribution in [1.29, 1.82) is 0 Å². The van der Waals surface area contributed by atoms with Crippen LogP contribution in [0.4, 0.5) is 5.69 Å². The molecule has 0 bridgehead atoms. The molecular weight excluding hydrogens is 444 g/mol. The van der Waals surface area contributed by atoms with Crippen molar-refractivity contribution in [1.82, 2.24) is 4.90 Å². The van der Waals surface area contributed by atoms with Gasteiger partial charge >= 0.3 is 5.97 Å². The number of carbonyl (C=O) groups excluding carboxylic acids is 2. The minimum absolute atomic E-state index is 0.0895. The second-order valence-corrected chi connectivity index (χ2v) is 7.76. The largest absolute Gasteiger partial charge is 0.507 e. The number of benzene rings is 2. The Labute approximate surface area is 175 Å². The Hall–Kier alpha value is -2.58. The van der Waals surface area contributed by atoms with Gasteiger partial charge in [-0.1, -0.05) is 15.9 Å². The Bertz CT molecular complexity index is 986. The van der Waals surface area contributed by atoms with E-state index in [-0.39, 0.29) is 17.6 Å². The molecule has 1 aliphatic rings. The zero-order chi connectivity index (χ0) is 20.3. The van der Waals surface area contributed by atoms with Crippen molar-refractivity contribution in [2.75, 3.05) is 13.7 Å². The normalized spacial score (nSPS) is 16.8. The van der Waals surface area contributed by atoms with Crippen LogP contribution in [0.25, 0.3) is 6.08 Å². The molecule has 2 aromatic rings. The summed E-state index contributed by atoms with van der Waals surface area (Å²) in [4.78, 5) is 30.6. The highest BCUT2D eigenvalue weighted by atomic mass is 79.9. The maximum atomic E-state index is 12.5. The number of ether oxygens (including phenoxy) is 1. The van der Waals surface area contributed by atoms with E-state index in [9.17, 15) is 14.7 Å². The number of carbonyl (C=O) groups is 2. The van der Waals surface area contributed by atoms with E-state index < -0.39 is 0 Å². The van der Waals surface area contributed by atoms with Crippen LogP contribution in [0.3, 0.4) is 0 Å². The summed E-state index contributed by atoms with van der Waals surface area (Å²) in [5, 5.41) is 10.5. The predicted molar refractivity (Wildman–Crippen MR) is 114 cm³/mol. The van der Waals surface area contributed by atoms with Gasteiger partial charge in [0.2, 0.25) is 0 Å². The Morgan fingerprint density at radius 1 is 1.29 bits per heavy atom. The van der Waals surface area contributed by atoms with E-state index in [1.54, 1.807) is 62.5 Å². The first-order valence-electron chi connectivity index (χ1n) is 8.41. The van der Waals surface area contributed by atoms with Crippen molar-refractivity contribution in [3.63, 3.8) is 0 Å². The van der Waals surface area contributed by atoms with Gasteiger partial charge in [0, 0.05) is 17.1 Å². The quantitative estimate of drug-likeness (QED) is 0.533. The Kier molecular flexibility index (Phi) is 6.21. The SMILES string of the molecule is CCOC(=O)c1ccc(N=C2S/C(=C/c3cc(Br)ccc3O)C(=O)N2C)cc1. The summed E-state index contributed by atoms with van der Waals surface area (Å²) in [7, 11) is 1.64. The first-order chi connectivity index (χ1) is 13.4. The molecule has 1 N–H and O–H groups in total. The summed E-state index contributed by atoms with van der Waals surface area (Å²) in [5.74, 6) is -0.499. The lowest BCUT2D eigenvalue weighted by Gasteiger charge is -2.07. The summed E-state index contributed by atoms with van der Waals surface area (Å²) in [6, 6.07) is 11.7. The number of rotatable bonds is 4. The van der Waals surface area contributed by atoms with Crippen molar-refractivity contribution < 1.29 is 19.4 Å². The minimum Gasteiger partial charge on any atom is -0.507 e. The van der Waals surface area contributed by atoms with Crippen LogP contribution >= 0.6 is 27.7 Å². The first-order valence-corrected chi connectivity index (χ1v) is 10.0. The zero-order valence-electron chi connectivity index (χ0n) is 15.2. The predicted octanol–water partition coefficient (Wildman–Crippen LogP) is 4.57. The molecule has 8 heteroatoms. The summed E-state index contributed by atoms with van der Waals surface area (Å²) in [5.41, 5.74) is 1.60. The van der Waals surface area contributed by atoms with Gasteiger partial charge in [0.1, 0.15) is 5.75 Å². The first kappa shape index (κ1) is 20.2. The van der Waals surface area contributed by atoms with Gasteiger partial charge in [-0.2, -0.15) is 0 Å². The molecule has 1 heterocycles. The monoisotopic (exact) mass is 460 g/mol. The number of amidine groups is 1. The van der Waals surface area contributed by atoms with Gasteiger partial charge in [0.25, 0.3) is 5.91 Å². The second kappa shape index (κ2) is 8.62. The maximum Gasteiger partial charge on any atom is 0.338 e. The number of thioether (sulfide) groups is 1. The maximum absolute atomic E-state index is 12.5. The van der Waals surface area contributed by atoms with Crippen LogP contribution in [-0.4, -0.2) is 40.7 Å². The lowest BCUT2D eigenvalue weighted by atomic mass is 10.2. The highest BCUT2D eigenvalue weighted by Gasteiger charge is 2.30. The lowest BCUT2D eigenvalue weighted by molar-refractivity contribution is -0.121. The third-order valence-electron chi connectivity index (χ3n) is 3.88. The molecule has 1 fully saturated rings. The molecule has 28 heavy (non-hydrogen) atoms. The van der Waals surface area contributed by atoms with Crippen LogP contribution in [-0.2, 0) is 9.53 Å². The van der Waals surface area contributed by atoms with Crippen molar-refractivity contribution in [2.45, 2.75) is 6.92 Å². The Balaban J connectivity index is 1.84. The van der Waals surface area contributed by atoms with E-state index in [0.29, 0.717) is 33.5 Å². The number of amides is 1. The highest BCUT2D eigenvalue weighted by molar-refractivity contribution is 9.10. The molecule has 144 valence electrons. The fraction of sp³-hybridized carbons (Fsp3) is 0.150. The second-order valence-electron chi connectivity index (χ2n) is 5.84. The molecule has 2 aromatic carbocycles. The molecular formula is C20H17BrN2O4S. The van der Waals surface area contributed by atoms with E-state index in [0.717, 1.165) is 4.47 Å².